The van der Waals surface area contributed by atoms with Crippen LogP contribution in [0.3, 0.4) is 0 Å². The molecule has 2 saturated heterocycles. The van der Waals surface area contributed by atoms with Gasteiger partial charge in [-0.1, -0.05) is 36.8 Å². The van der Waals surface area contributed by atoms with Gasteiger partial charge in [-0.2, -0.15) is 4.31 Å². The molecule has 2 heterocycles. The molecule has 1 atom stereocenters. The topological polar surface area (TPSA) is 101 Å². The molecule has 0 N–H and O–H groups in total. The van der Waals surface area contributed by atoms with Crippen LogP contribution in [0.2, 0.25) is 0 Å². The number of hydrogen-bond donors (Lipinski definition) is 0. The van der Waals surface area contributed by atoms with Crippen LogP contribution in [0.25, 0.3) is 0 Å². The molecule has 0 saturated carbocycles. The normalized spacial score (nSPS) is 19.0. The van der Waals surface area contributed by atoms with Crippen molar-refractivity contribution < 1.29 is 27.5 Å². The van der Waals surface area contributed by atoms with Crippen LogP contribution < -0.4 is 0 Å². The maximum absolute atomic E-state index is 12.8. The van der Waals surface area contributed by atoms with Gasteiger partial charge in [-0.3, -0.25) is 14.4 Å². The third-order valence-corrected chi connectivity index (χ3v) is 8.45. The number of hydrogen-bond acceptors (Lipinski definition) is 6. The van der Waals surface area contributed by atoms with Gasteiger partial charge in [0.25, 0.3) is 0 Å². The Morgan fingerprint density at radius 1 is 0.943 bits per heavy atom. The molecule has 2 aromatic carbocycles. The molecule has 0 aromatic heterocycles. The molecule has 186 valence electrons. The van der Waals surface area contributed by atoms with Crippen molar-refractivity contribution in [1.29, 1.82) is 0 Å². The number of esters is 1. The Bertz CT molecular complexity index is 1160. The fourth-order valence-corrected chi connectivity index (χ4v) is 5.98. The number of carbonyl (C=O) groups is 3. The van der Waals surface area contributed by atoms with Gasteiger partial charge in [-0.15, -0.1) is 0 Å². The summed E-state index contributed by atoms with van der Waals surface area (Å²) in [5, 5.41) is 0. The highest BCUT2D eigenvalue weighted by Crippen LogP contribution is 2.22. The van der Waals surface area contributed by atoms with Gasteiger partial charge in [0.1, 0.15) is 0 Å². The lowest BCUT2D eigenvalue weighted by Gasteiger charge is -2.25. The summed E-state index contributed by atoms with van der Waals surface area (Å²) >= 11 is 0. The second kappa shape index (κ2) is 11.1. The molecule has 0 bridgehead atoms. The Morgan fingerprint density at radius 2 is 1.63 bits per heavy atom. The number of carbonyl (C=O) groups excluding carboxylic acids is 3. The second-order valence-corrected chi connectivity index (χ2v) is 10.9. The van der Waals surface area contributed by atoms with Gasteiger partial charge in [0.05, 0.1) is 10.8 Å². The van der Waals surface area contributed by atoms with E-state index in [0.29, 0.717) is 26.1 Å². The molecule has 0 aliphatic carbocycles. The highest BCUT2D eigenvalue weighted by atomic mass is 32.2. The van der Waals surface area contributed by atoms with Crippen molar-refractivity contribution in [2.24, 2.45) is 5.92 Å². The van der Waals surface area contributed by atoms with Gasteiger partial charge in [-0.05, 0) is 49.1 Å². The number of likely N-dealkylation sites (tertiary alicyclic amines) is 1. The molecular weight excluding hydrogens is 468 g/mol. The molecule has 2 aromatic rings. The SMILES string of the molecule is O=C(COC(=O)C1CC(=O)N(CCc2ccccc2)C1)c1ccc(S(=O)(=O)N2CCCCC2)cc1. The molecule has 8 nitrogen and oxygen atoms in total. The molecule has 0 spiro atoms. The third kappa shape index (κ3) is 6.15. The summed E-state index contributed by atoms with van der Waals surface area (Å²) in [6.45, 7) is 1.37. The molecule has 2 aliphatic rings. The van der Waals surface area contributed by atoms with Gasteiger partial charge < -0.3 is 9.64 Å². The number of Topliss-reactive ketones (excluding diaryl/α,β-unsaturated/α-hetero) is 1. The van der Waals surface area contributed by atoms with E-state index in [4.69, 9.17) is 4.74 Å². The van der Waals surface area contributed by atoms with Crippen LogP contribution in [0, 0.1) is 5.92 Å². The van der Waals surface area contributed by atoms with Crippen LogP contribution in [0.1, 0.15) is 41.6 Å². The summed E-state index contributed by atoms with van der Waals surface area (Å²) in [6, 6.07) is 15.5. The number of amides is 1. The molecule has 1 unspecified atom stereocenters. The Morgan fingerprint density at radius 3 is 2.31 bits per heavy atom. The second-order valence-electron chi connectivity index (χ2n) is 9.00. The molecule has 2 fully saturated rings. The third-order valence-electron chi connectivity index (χ3n) is 6.54. The lowest BCUT2D eigenvalue weighted by Crippen LogP contribution is -2.35. The maximum atomic E-state index is 12.8. The zero-order valence-corrected chi connectivity index (χ0v) is 20.4. The number of rotatable bonds is 9. The summed E-state index contributed by atoms with van der Waals surface area (Å²) < 4.78 is 32.2. The van der Waals surface area contributed by atoms with Gasteiger partial charge in [0, 0.05) is 38.2 Å². The molecule has 2 aliphatic heterocycles. The zero-order chi connectivity index (χ0) is 24.8. The number of piperidine rings is 1. The molecule has 0 radical (unpaired) electrons. The van der Waals surface area contributed by atoms with Gasteiger partial charge >= 0.3 is 5.97 Å². The predicted octanol–water partition coefficient (Wildman–Crippen LogP) is 2.68. The minimum Gasteiger partial charge on any atom is -0.457 e. The van der Waals surface area contributed by atoms with E-state index in [1.54, 1.807) is 4.90 Å². The molecule has 35 heavy (non-hydrogen) atoms. The van der Waals surface area contributed by atoms with Crippen LogP contribution in [-0.2, 0) is 30.8 Å². The quantitative estimate of drug-likeness (QED) is 0.389. The first kappa shape index (κ1) is 25.1. The molecule has 4 rings (SSSR count). The number of sulfonamides is 1. The van der Waals surface area contributed by atoms with Crippen LogP contribution in [0.4, 0.5) is 0 Å². The summed E-state index contributed by atoms with van der Waals surface area (Å²) in [5.41, 5.74) is 1.38. The Hall–Kier alpha value is -3.04. The average molecular weight is 499 g/mol. The smallest absolute Gasteiger partial charge is 0.311 e. The van der Waals surface area contributed by atoms with Crippen molar-refractivity contribution in [1.82, 2.24) is 9.21 Å². The number of benzene rings is 2. The summed E-state index contributed by atoms with van der Waals surface area (Å²) in [7, 11) is -3.57. The van der Waals surface area contributed by atoms with Crippen LogP contribution in [0.5, 0.6) is 0 Å². The highest BCUT2D eigenvalue weighted by Gasteiger charge is 2.35. The Kier molecular flexibility index (Phi) is 7.97. The molecular formula is C26H30N2O6S. The van der Waals surface area contributed by atoms with Crippen molar-refractivity contribution >= 4 is 27.7 Å². The van der Waals surface area contributed by atoms with E-state index in [1.165, 1.54) is 28.6 Å². The standard InChI is InChI=1S/C26H30N2O6S/c29-24(21-9-11-23(12-10-21)35(32,33)28-14-5-2-6-15-28)19-34-26(31)22-17-25(30)27(18-22)16-13-20-7-3-1-4-8-20/h1,3-4,7-12,22H,2,5-6,13-19H2. The van der Waals surface area contributed by atoms with Gasteiger partial charge in [-0.25, -0.2) is 8.42 Å². The largest absolute Gasteiger partial charge is 0.457 e. The van der Waals surface area contributed by atoms with E-state index < -0.39 is 34.3 Å². The van der Waals surface area contributed by atoms with E-state index in [2.05, 4.69) is 0 Å². The zero-order valence-electron chi connectivity index (χ0n) is 19.6. The first-order chi connectivity index (χ1) is 16.8. The molecule has 9 heteroatoms. The predicted molar refractivity (Wildman–Crippen MR) is 129 cm³/mol. The fourth-order valence-electron chi connectivity index (χ4n) is 4.46. The Labute approximate surface area is 205 Å². The van der Waals surface area contributed by atoms with Crippen molar-refractivity contribution in [3.63, 3.8) is 0 Å². The van der Waals surface area contributed by atoms with Crippen molar-refractivity contribution in [3.05, 3.63) is 65.7 Å². The van der Waals surface area contributed by atoms with Crippen molar-refractivity contribution in [3.8, 4) is 0 Å². The summed E-state index contributed by atoms with van der Waals surface area (Å²) in [6.07, 6.45) is 3.50. The highest BCUT2D eigenvalue weighted by molar-refractivity contribution is 7.89. The number of ketones is 1. The minimum atomic E-state index is -3.57. The fraction of sp³-hybridized carbons (Fsp3) is 0.423. The van der Waals surface area contributed by atoms with E-state index in [9.17, 15) is 22.8 Å². The van der Waals surface area contributed by atoms with Crippen LogP contribution >= 0.6 is 0 Å². The first-order valence-electron chi connectivity index (χ1n) is 12.0. The van der Waals surface area contributed by atoms with E-state index in [-0.39, 0.29) is 29.3 Å². The van der Waals surface area contributed by atoms with E-state index >= 15 is 0 Å². The minimum absolute atomic E-state index is 0.0743. The monoisotopic (exact) mass is 498 g/mol. The first-order valence-corrected chi connectivity index (χ1v) is 13.4. The average Bonchev–Trinajstić information content (AvgIpc) is 3.27. The van der Waals surface area contributed by atoms with Gasteiger partial charge in [0.2, 0.25) is 15.9 Å². The van der Waals surface area contributed by atoms with Crippen molar-refractivity contribution in [2.45, 2.75) is 37.0 Å². The van der Waals surface area contributed by atoms with Crippen molar-refractivity contribution in [2.75, 3.05) is 32.8 Å². The number of ether oxygens (including phenoxy) is 1. The number of nitrogens with zero attached hydrogens (tertiary/aromatic N) is 2. The Balaban J connectivity index is 1.26. The van der Waals surface area contributed by atoms with Gasteiger partial charge in [0.15, 0.2) is 12.4 Å². The lowest BCUT2D eigenvalue weighted by atomic mass is 10.1. The van der Waals surface area contributed by atoms with Crippen LogP contribution in [-0.4, -0.2) is 68.1 Å². The lowest BCUT2D eigenvalue weighted by molar-refractivity contribution is -0.147. The van der Waals surface area contributed by atoms with E-state index in [0.717, 1.165) is 24.8 Å². The molecule has 1 amide bonds. The summed E-state index contributed by atoms with van der Waals surface area (Å²) in [4.78, 5) is 39.1. The van der Waals surface area contributed by atoms with E-state index in [1.807, 2.05) is 30.3 Å². The summed E-state index contributed by atoms with van der Waals surface area (Å²) in [5.74, 6) is -1.69. The maximum Gasteiger partial charge on any atom is 0.311 e. The van der Waals surface area contributed by atoms with Crippen LogP contribution in [0.15, 0.2) is 59.5 Å².